The normalized spacial score (nSPS) is 13.3. The van der Waals surface area contributed by atoms with Gasteiger partial charge in [-0.15, -0.1) is 0 Å². The van der Waals surface area contributed by atoms with E-state index in [2.05, 4.69) is 35.7 Å². The first-order chi connectivity index (χ1) is 11.7. The zero-order chi connectivity index (χ0) is 19.3. The van der Waals surface area contributed by atoms with Crippen molar-refractivity contribution < 1.29 is 9.53 Å². The quantitative estimate of drug-likeness (QED) is 0.349. The number of guanidine groups is 1. The Bertz CT molecular complexity index is 397. The maximum atomic E-state index is 12.0. The lowest BCUT2D eigenvalue weighted by Gasteiger charge is -2.26. The lowest BCUT2D eigenvalue weighted by molar-refractivity contribution is 0.0279. The van der Waals surface area contributed by atoms with Gasteiger partial charge in [0.1, 0.15) is 5.60 Å². The number of unbranched alkanes of at least 4 members (excludes halogenated alkanes) is 1. The fourth-order valence-electron chi connectivity index (χ4n) is 2.11. The molecule has 1 atom stereocenters. The predicted molar refractivity (Wildman–Crippen MR) is 110 cm³/mol. The Balaban J connectivity index is 4.30. The monoisotopic (exact) mass is 374 g/mol. The second-order valence-corrected chi connectivity index (χ2v) is 8.30. The summed E-state index contributed by atoms with van der Waals surface area (Å²) in [5.74, 6) is 2.30. The molecule has 0 bridgehead atoms. The molecule has 25 heavy (non-hydrogen) atoms. The number of hydrogen-bond acceptors (Lipinski definition) is 4. The minimum atomic E-state index is -0.467. The number of nitrogens with one attached hydrogen (secondary N) is 2. The number of hydrogen-bond donors (Lipinski definition) is 2. The third-order valence-corrected chi connectivity index (χ3v) is 3.96. The molecule has 2 N–H and O–H groups in total. The average molecular weight is 375 g/mol. The maximum Gasteiger partial charge on any atom is 0.410 e. The van der Waals surface area contributed by atoms with E-state index in [1.807, 2.05) is 32.5 Å². The summed E-state index contributed by atoms with van der Waals surface area (Å²) in [6, 6.07) is 0. The molecule has 0 aromatic rings. The zero-order valence-corrected chi connectivity index (χ0v) is 18.0. The van der Waals surface area contributed by atoms with E-state index in [-0.39, 0.29) is 12.0 Å². The van der Waals surface area contributed by atoms with Gasteiger partial charge in [-0.2, -0.15) is 11.8 Å². The van der Waals surface area contributed by atoms with Gasteiger partial charge in [-0.3, -0.25) is 4.99 Å². The van der Waals surface area contributed by atoms with E-state index in [4.69, 9.17) is 4.74 Å². The van der Waals surface area contributed by atoms with Crippen LogP contribution in [-0.4, -0.2) is 67.8 Å². The van der Waals surface area contributed by atoms with Crippen molar-refractivity contribution in [3.05, 3.63) is 0 Å². The lowest BCUT2D eigenvalue weighted by atomic mass is 10.2. The first-order valence-corrected chi connectivity index (χ1v) is 10.5. The fraction of sp³-hybridized carbons (Fsp3) is 0.889. The molecule has 1 unspecified atom stereocenters. The van der Waals surface area contributed by atoms with Crippen molar-refractivity contribution in [1.82, 2.24) is 15.5 Å². The summed E-state index contributed by atoms with van der Waals surface area (Å²) >= 11 is 1.88. The molecule has 0 aliphatic rings. The van der Waals surface area contributed by atoms with Crippen molar-refractivity contribution in [2.24, 2.45) is 10.9 Å². The highest BCUT2D eigenvalue weighted by Gasteiger charge is 2.20. The van der Waals surface area contributed by atoms with E-state index in [0.29, 0.717) is 13.1 Å². The molecule has 0 saturated carbocycles. The Morgan fingerprint density at radius 2 is 1.96 bits per heavy atom. The summed E-state index contributed by atoms with van der Waals surface area (Å²) in [7, 11) is 1.77. The molecule has 0 rings (SSSR count). The van der Waals surface area contributed by atoms with Crippen LogP contribution in [-0.2, 0) is 4.74 Å². The van der Waals surface area contributed by atoms with Crippen LogP contribution in [0.15, 0.2) is 4.99 Å². The van der Waals surface area contributed by atoms with Crippen LogP contribution in [0.1, 0.15) is 47.5 Å². The van der Waals surface area contributed by atoms with Crippen molar-refractivity contribution in [2.45, 2.75) is 53.1 Å². The van der Waals surface area contributed by atoms with E-state index in [9.17, 15) is 4.79 Å². The number of rotatable bonds is 10. The molecule has 0 aliphatic heterocycles. The molecular weight excluding hydrogens is 336 g/mol. The maximum absolute atomic E-state index is 12.0. The number of carbonyl (C=O) groups excluding carboxylic acids is 1. The summed E-state index contributed by atoms with van der Waals surface area (Å²) in [5, 5.41) is 6.63. The van der Waals surface area contributed by atoms with E-state index >= 15 is 0 Å². The summed E-state index contributed by atoms with van der Waals surface area (Å²) in [6.45, 7) is 12.8. The Morgan fingerprint density at radius 1 is 1.28 bits per heavy atom. The van der Waals surface area contributed by atoms with E-state index < -0.39 is 5.60 Å². The van der Waals surface area contributed by atoms with Crippen LogP contribution in [0.4, 0.5) is 4.79 Å². The number of thioether (sulfide) groups is 1. The van der Waals surface area contributed by atoms with Gasteiger partial charge in [0, 0.05) is 33.2 Å². The predicted octanol–water partition coefficient (Wildman–Crippen LogP) is 3.19. The molecule has 6 nitrogen and oxygen atoms in total. The van der Waals surface area contributed by atoms with Gasteiger partial charge in [0.15, 0.2) is 5.96 Å². The topological polar surface area (TPSA) is 66.0 Å². The van der Waals surface area contributed by atoms with Gasteiger partial charge in [0.05, 0.1) is 0 Å². The number of carbonyl (C=O) groups is 1. The number of ether oxygens (including phenoxy) is 1. The van der Waals surface area contributed by atoms with Crippen molar-refractivity contribution in [3.8, 4) is 0 Å². The summed E-state index contributed by atoms with van der Waals surface area (Å²) < 4.78 is 5.37. The minimum Gasteiger partial charge on any atom is -0.444 e. The van der Waals surface area contributed by atoms with Crippen LogP contribution >= 0.6 is 11.8 Å². The van der Waals surface area contributed by atoms with Gasteiger partial charge in [0.25, 0.3) is 0 Å². The number of amides is 1. The Kier molecular flexibility index (Phi) is 12.6. The van der Waals surface area contributed by atoms with Crippen LogP contribution in [0.25, 0.3) is 0 Å². The Morgan fingerprint density at radius 3 is 2.52 bits per heavy atom. The van der Waals surface area contributed by atoms with Crippen molar-refractivity contribution >= 4 is 23.8 Å². The van der Waals surface area contributed by atoms with Gasteiger partial charge >= 0.3 is 6.09 Å². The lowest BCUT2D eigenvalue weighted by Crippen LogP contribution is -2.39. The molecule has 148 valence electrons. The smallest absolute Gasteiger partial charge is 0.410 e. The average Bonchev–Trinajstić information content (AvgIpc) is 2.50. The highest BCUT2D eigenvalue weighted by molar-refractivity contribution is 7.98. The molecule has 0 spiro atoms. The third kappa shape index (κ3) is 13.8. The van der Waals surface area contributed by atoms with Gasteiger partial charge in [-0.05, 0) is 58.5 Å². The molecule has 7 heteroatoms. The molecule has 0 aromatic heterocycles. The minimum absolute atomic E-state index is 0.254. The van der Waals surface area contributed by atoms with Crippen LogP contribution in [0.5, 0.6) is 0 Å². The molecule has 0 aliphatic carbocycles. The summed E-state index contributed by atoms with van der Waals surface area (Å²) in [5.41, 5.74) is -0.467. The van der Waals surface area contributed by atoms with Gasteiger partial charge in [0.2, 0.25) is 0 Å². The van der Waals surface area contributed by atoms with Crippen LogP contribution in [0.3, 0.4) is 0 Å². The van der Waals surface area contributed by atoms with Crippen LogP contribution < -0.4 is 10.6 Å². The number of aliphatic imine (C=N–C) groups is 1. The largest absolute Gasteiger partial charge is 0.444 e. The second-order valence-electron chi connectivity index (χ2n) is 7.31. The molecule has 0 heterocycles. The Labute approximate surface area is 158 Å². The summed E-state index contributed by atoms with van der Waals surface area (Å²) in [4.78, 5) is 18.3. The van der Waals surface area contributed by atoms with Crippen LogP contribution in [0, 0.1) is 5.92 Å². The SMILES string of the molecule is CCNC(=NCC(C)CN(C)C(=O)OC(C)(C)C)NCCCCSC. The van der Waals surface area contributed by atoms with Crippen LogP contribution in [0.2, 0.25) is 0 Å². The highest BCUT2D eigenvalue weighted by atomic mass is 32.2. The zero-order valence-electron chi connectivity index (χ0n) is 17.1. The highest BCUT2D eigenvalue weighted by Crippen LogP contribution is 2.10. The summed E-state index contributed by atoms with van der Waals surface area (Å²) in [6.07, 6.45) is 4.20. The van der Waals surface area contributed by atoms with Crippen molar-refractivity contribution in [1.29, 1.82) is 0 Å². The van der Waals surface area contributed by atoms with Gasteiger partial charge < -0.3 is 20.3 Å². The molecule has 0 fully saturated rings. The molecule has 0 radical (unpaired) electrons. The molecule has 0 saturated heterocycles. The van der Waals surface area contributed by atoms with E-state index in [1.165, 1.54) is 12.2 Å². The van der Waals surface area contributed by atoms with Gasteiger partial charge in [-0.25, -0.2) is 4.79 Å². The van der Waals surface area contributed by atoms with E-state index in [0.717, 1.165) is 25.5 Å². The first kappa shape index (κ1) is 23.9. The molecule has 1 amide bonds. The van der Waals surface area contributed by atoms with E-state index in [1.54, 1.807) is 11.9 Å². The first-order valence-electron chi connectivity index (χ1n) is 9.14. The van der Waals surface area contributed by atoms with Crippen molar-refractivity contribution in [2.75, 3.05) is 45.2 Å². The number of nitrogens with zero attached hydrogens (tertiary/aromatic N) is 2. The van der Waals surface area contributed by atoms with Crippen molar-refractivity contribution in [3.63, 3.8) is 0 Å². The third-order valence-electron chi connectivity index (χ3n) is 3.26. The fourth-order valence-corrected chi connectivity index (χ4v) is 2.60. The van der Waals surface area contributed by atoms with Gasteiger partial charge in [-0.1, -0.05) is 6.92 Å². The molecular formula is C18H38N4O2S. The Hall–Kier alpha value is -1.11. The standard InChI is InChI=1S/C18H38N4O2S/c1-8-19-16(20-11-9-10-12-25-7)21-13-15(2)14-22(6)17(23)24-18(3,4)5/h15H,8-14H2,1-7H3,(H2,19,20,21). The molecule has 0 aromatic carbocycles. The second kappa shape index (κ2) is 13.1.